The Labute approximate surface area is 152 Å². The van der Waals surface area contributed by atoms with Gasteiger partial charge in [-0.1, -0.05) is 42.5 Å². The number of hydrazine groups is 1. The third-order valence-electron chi connectivity index (χ3n) is 4.32. The molecule has 0 spiro atoms. The first-order chi connectivity index (χ1) is 12.6. The van der Waals surface area contributed by atoms with Gasteiger partial charge in [-0.05, 0) is 35.6 Å². The highest BCUT2D eigenvalue weighted by Crippen LogP contribution is 2.31. The van der Waals surface area contributed by atoms with Gasteiger partial charge < -0.3 is 9.47 Å². The fourth-order valence-corrected chi connectivity index (χ4v) is 2.97. The molecule has 0 radical (unpaired) electrons. The third-order valence-corrected chi connectivity index (χ3v) is 4.32. The van der Waals surface area contributed by atoms with Gasteiger partial charge in [0.15, 0.2) is 0 Å². The van der Waals surface area contributed by atoms with E-state index in [0.717, 1.165) is 27.9 Å². The minimum absolute atomic E-state index is 0.229. The molecule has 0 unspecified atom stereocenters. The van der Waals surface area contributed by atoms with E-state index in [1.54, 1.807) is 0 Å². The number of hydrogen-bond donors (Lipinski definition) is 1. The molecule has 0 bridgehead atoms. The Bertz CT molecular complexity index is 805. The summed E-state index contributed by atoms with van der Waals surface area (Å²) in [5.74, 6) is -0.229. The summed E-state index contributed by atoms with van der Waals surface area (Å²) in [4.78, 5) is 23.6. The van der Waals surface area contributed by atoms with Crippen molar-refractivity contribution in [2.75, 3.05) is 12.5 Å². The monoisotopic (exact) mass is 354 g/mol. The molecular formula is C20H22N2O4. The third kappa shape index (κ3) is 4.14. The minimum atomic E-state index is -0.416. The van der Waals surface area contributed by atoms with Gasteiger partial charge in [0.05, 0.1) is 19.3 Å². The second-order valence-corrected chi connectivity index (χ2v) is 6.26. The number of nitrogens with one attached hydrogen (secondary N) is 1. The van der Waals surface area contributed by atoms with E-state index in [1.807, 2.05) is 49.4 Å². The van der Waals surface area contributed by atoms with E-state index in [9.17, 15) is 9.59 Å². The largest absolute Gasteiger partial charge is 0.469 e. The molecule has 6 heteroatoms. The van der Waals surface area contributed by atoms with Crippen molar-refractivity contribution in [3.05, 3.63) is 64.7 Å². The maximum atomic E-state index is 12.3. The zero-order valence-electron chi connectivity index (χ0n) is 15.0. The Morgan fingerprint density at radius 2 is 1.92 bits per heavy atom. The zero-order chi connectivity index (χ0) is 18.5. The SMILES string of the molecule is COC(=O)CCc1cc(C)c2c(c1)CN(C(=O)OCc1ccccc1)N2. The molecule has 0 saturated carbocycles. The summed E-state index contributed by atoms with van der Waals surface area (Å²) >= 11 is 0. The molecule has 0 saturated heterocycles. The van der Waals surface area contributed by atoms with Crippen LogP contribution in [0.4, 0.5) is 10.5 Å². The van der Waals surface area contributed by atoms with Gasteiger partial charge in [0.1, 0.15) is 6.61 Å². The molecule has 2 aromatic carbocycles. The number of amides is 1. The molecule has 0 aromatic heterocycles. The van der Waals surface area contributed by atoms with Crippen LogP contribution >= 0.6 is 0 Å². The average molecular weight is 354 g/mol. The normalized spacial score (nSPS) is 12.3. The van der Waals surface area contributed by atoms with E-state index in [2.05, 4.69) is 10.2 Å². The molecule has 2 aromatic rings. The van der Waals surface area contributed by atoms with Crippen molar-refractivity contribution in [1.29, 1.82) is 0 Å². The van der Waals surface area contributed by atoms with Crippen LogP contribution in [0.5, 0.6) is 0 Å². The number of anilines is 1. The molecule has 1 heterocycles. The van der Waals surface area contributed by atoms with Gasteiger partial charge in [-0.3, -0.25) is 10.2 Å². The number of nitrogens with zero attached hydrogens (tertiary/aromatic N) is 1. The van der Waals surface area contributed by atoms with Gasteiger partial charge in [-0.2, -0.15) is 0 Å². The van der Waals surface area contributed by atoms with Crippen LogP contribution < -0.4 is 5.43 Å². The van der Waals surface area contributed by atoms with E-state index in [1.165, 1.54) is 12.1 Å². The maximum Gasteiger partial charge on any atom is 0.429 e. The van der Waals surface area contributed by atoms with E-state index in [4.69, 9.17) is 4.74 Å². The lowest BCUT2D eigenvalue weighted by atomic mass is 10.0. The molecule has 6 nitrogen and oxygen atoms in total. The molecule has 0 atom stereocenters. The van der Waals surface area contributed by atoms with Crippen molar-refractivity contribution >= 4 is 17.7 Å². The number of methoxy groups -OCH3 is 1. The number of fused-ring (bicyclic) bond motifs is 1. The van der Waals surface area contributed by atoms with Crippen LogP contribution in [-0.2, 0) is 33.8 Å². The van der Waals surface area contributed by atoms with E-state index >= 15 is 0 Å². The summed E-state index contributed by atoms with van der Waals surface area (Å²) in [5.41, 5.74) is 8.07. The summed E-state index contributed by atoms with van der Waals surface area (Å²) in [7, 11) is 1.39. The summed E-state index contributed by atoms with van der Waals surface area (Å²) in [6, 6.07) is 13.6. The number of benzene rings is 2. The molecular weight excluding hydrogens is 332 g/mol. The van der Waals surface area contributed by atoms with E-state index in [0.29, 0.717) is 19.4 Å². The summed E-state index contributed by atoms with van der Waals surface area (Å²) in [6.07, 6.45) is 0.533. The average Bonchev–Trinajstić information content (AvgIpc) is 3.10. The molecule has 3 rings (SSSR count). The van der Waals surface area contributed by atoms with Gasteiger partial charge in [0.2, 0.25) is 0 Å². The van der Waals surface area contributed by atoms with Crippen molar-refractivity contribution in [1.82, 2.24) is 5.01 Å². The molecule has 1 aliphatic rings. The van der Waals surface area contributed by atoms with Crippen LogP contribution in [0.1, 0.15) is 28.7 Å². The molecule has 26 heavy (non-hydrogen) atoms. The van der Waals surface area contributed by atoms with Crippen LogP contribution in [0.25, 0.3) is 0 Å². The smallest absolute Gasteiger partial charge is 0.429 e. The lowest BCUT2D eigenvalue weighted by Crippen LogP contribution is -2.31. The predicted molar refractivity (Wildman–Crippen MR) is 97.3 cm³/mol. The fraction of sp³-hybridized carbons (Fsp3) is 0.300. The first-order valence-electron chi connectivity index (χ1n) is 8.51. The Morgan fingerprint density at radius 1 is 1.15 bits per heavy atom. The lowest BCUT2D eigenvalue weighted by Gasteiger charge is -2.16. The van der Waals surface area contributed by atoms with Crippen molar-refractivity contribution in [2.24, 2.45) is 0 Å². The summed E-state index contributed by atoms with van der Waals surface area (Å²) in [5, 5.41) is 1.46. The van der Waals surface area contributed by atoms with Crippen LogP contribution in [-0.4, -0.2) is 24.2 Å². The molecule has 136 valence electrons. The van der Waals surface area contributed by atoms with Gasteiger partial charge in [0.25, 0.3) is 0 Å². The number of rotatable bonds is 5. The Morgan fingerprint density at radius 3 is 2.65 bits per heavy atom. The van der Waals surface area contributed by atoms with Crippen LogP contribution in [0, 0.1) is 6.92 Å². The highest BCUT2D eigenvalue weighted by Gasteiger charge is 2.26. The van der Waals surface area contributed by atoms with E-state index in [-0.39, 0.29) is 12.6 Å². The highest BCUT2D eigenvalue weighted by molar-refractivity contribution is 5.75. The first kappa shape index (κ1) is 17.8. The van der Waals surface area contributed by atoms with Crippen molar-refractivity contribution in [3.8, 4) is 0 Å². The number of hydrogen-bond acceptors (Lipinski definition) is 5. The molecule has 0 aliphatic carbocycles. The quantitative estimate of drug-likeness (QED) is 0.831. The van der Waals surface area contributed by atoms with Gasteiger partial charge in [0, 0.05) is 6.42 Å². The van der Waals surface area contributed by atoms with Crippen molar-refractivity contribution in [2.45, 2.75) is 32.9 Å². The second-order valence-electron chi connectivity index (χ2n) is 6.26. The molecule has 1 aliphatic heterocycles. The zero-order valence-corrected chi connectivity index (χ0v) is 15.0. The number of esters is 1. The van der Waals surface area contributed by atoms with Crippen LogP contribution in [0.3, 0.4) is 0 Å². The highest BCUT2D eigenvalue weighted by atomic mass is 16.6. The molecule has 0 fully saturated rings. The van der Waals surface area contributed by atoms with Gasteiger partial charge >= 0.3 is 12.1 Å². The number of aryl methyl sites for hydroxylation is 2. The summed E-state index contributed by atoms with van der Waals surface area (Å²) < 4.78 is 10.1. The maximum absolute atomic E-state index is 12.3. The second kappa shape index (κ2) is 7.91. The lowest BCUT2D eigenvalue weighted by molar-refractivity contribution is -0.140. The Balaban J connectivity index is 1.61. The summed E-state index contributed by atoms with van der Waals surface area (Å²) in [6.45, 7) is 2.64. The molecule has 1 N–H and O–H groups in total. The standard InChI is InChI=1S/C20H22N2O4/c1-14-10-16(8-9-18(23)25-2)11-17-12-22(21-19(14)17)20(24)26-13-15-6-4-3-5-7-15/h3-7,10-11,21H,8-9,12-13H2,1-2H3. The van der Waals surface area contributed by atoms with E-state index < -0.39 is 6.09 Å². The minimum Gasteiger partial charge on any atom is -0.469 e. The number of carbonyl (C=O) groups excluding carboxylic acids is 2. The van der Waals surface area contributed by atoms with Crippen molar-refractivity contribution < 1.29 is 19.1 Å². The number of carbonyl (C=O) groups is 2. The predicted octanol–water partition coefficient (Wildman–Crippen LogP) is 3.58. The fourth-order valence-electron chi connectivity index (χ4n) is 2.97. The van der Waals surface area contributed by atoms with Crippen LogP contribution in [0.2, 0.25) is 0 Å². The van der Waals surface area contributed by atoms with Crippen molar-refractivity contribution in [3.63, 3.8) is 0 Å². The van der Waals surface area contributed by atoms with Crippen LogP contribution in [0.15, 0.2) is 42.5 Å². The number of ether oxygens (including phenoxy) is 2. The Hall–Kier alpha value is -3.02. The molecule has 1 amide bonds. The van der Waals surface area contributed by atoms with Gasteiger partial charge in [-0.15, -0.1) is 0 Å². The Kier molecular flexibility index (Phi) is 5.41. The van der Waals surface area contributed by atoms with Gasteiger partial charge in [-0.25, -0.2) is 9.80 Å². The first-order valence-corrected chi connectivity index (χ1v) is 8.51. The topological polar surface area (TPSA) is 67.9 Å².